The largest absolute Gasteiger partial charge is 0.303 e. The summed E-state index contributed by atoms with van der Waals surface area (Å²) in [6.07, 6.45) is 2.97. The third kappa shape index (κ3) is 5.15. The molecular formula is C14H26O. The smallest absolute Gasteiger partial charge is 0.126 e. The average Bonchev–Trinajstić information content (AvgIpc) is 1.99. The first-order chi connectivity index (χ1) is 6.60. The molecule has 0 aliphatic carbocycles. The average molecular weight is 210 g/mol. The Balaban J connectivity index is 4.65. The molecule has 0 amide bonds. The fourth-order valence-electron chi connectivity index (χ4n) is 2.13. The van der Waals surface area contributed by atoms with Gasteiger partial charge >= 0.3 is 0 Å². The van der Waals surface area contributed by atoms with Crippen LogP contribution in [0.15, 0.2) is 12.2 Å². The van der Waals surface area contributed by atoms with Gasteiger partial charge in [-0.3, -0.25) is 0 Å². The van der Waals surface area contributed by atoms with Gasteiger partial charge in [0.2, 0.25) is 0 Å². The van der Waals surface area contributed by atoms with E-state index in [1.165, 1.54) is 0 Å². The number of hydrogen-bond donors (Lipinski definition) is 0. The molecule has 0 heterocycles. The summed E-state index contributed by atoms with van der Waals surface area (Å²) in [5, 5.41) is 0. The van der Waals surface area contributed by atoms with Crippen molar-refractivity contribution in [2.24, 2.45) is 16.7 Å². The van der Waals surface area contributed by atoms with E-state index in [1.807, 2.05) is 13.8 Å². The molecule has 1 nitrogen and oxygen atoms in total. The predicted octanol–water partition coefficient (Wildman–Crippen LogP) is 4.23. The van der Waals surface area contributed by atoms with Crippen LogP contribution in [0, 0.1) is 16.7 Å². The van der Waals surface area contributed by atoms with E-state index in [4.69, 9.17) is 0 Å². The van der Waals surface area contributed by atoms with Crippen LogP contribution in [-0.4, -0.2) is 6.29 Å². The summed E-state index contributed by atoms with van der Waals surface area (Å²) in [5.74, 6) is 0.395. The molecule has 1 heteroatoms. The zero-order valence-electron chi connectivity index (χ0n) is 11.2. The van der Waals surface area contributed by atoms with Crippen molar-refractivity contribution in [2.75, 3.05) is 0 Å². The molecule has 0 rings (SSSR count). The molecular weight excluding hydrogens is 184 g/mol. The van der Waals surface area contributed by atoms with Crippen molar-refractivity contribution < 1.29 is 4.79 Å². The number of rotatable bonds is 5. The van der Waals surface area contributed by atoms with Gasteiger partial charge in [-0.1, -0.05) is 40.2 Å². The second-order valence-corrected chi connectivity index (χ2v) is 6.42. The monoisotopic (exact) mass is 210 g/mol. The van der Waals surface area contributed by atoms with Crippen LogP contribution < -0.4 is 0 Å². The lowest BCUT2D eigenvalue weighted by molar-refractivity contribution is -0.118. The van der Waals surface area contributed by atoms with Gasteiger partial charge in [0, 0.05) is 5.41 Å². The molecule has 0 fully saturated rings. The molecule has 2 atom stereocenters. The molecule has 0 aliphatic heterocycles. The number of allylic oxidation sites excluding steroid dienone is 1. The highest BCUT2D eigenvalue weighted by atomic mass is 16.1. The molecule has 0 N–H and O–H groups in total. The molecule has 0 aromatic carbocycles. The second-order valence-electron chi connectivity index (χ2n) is 6.42. The van der Waals surface area contributed by atoms with E-state index in [0.717, 1.165) is 24.7 Å². The van der Waals surface area contributed by atoms with Gasteiger partial charge in [0.25, 0.3) is 0 Å². The van der Waals surface area contributed by atoms with Gasteiger partial charge in [0.05, 0.1) is 0 Å². The highest BCUT2D eigenvalue weighted by molar-refractivity contribution is 5.59. The maximum absolute atomic E-state index is 11.2. The molecule has 0 radical (unpaired) electrons. The molecule has 0 spiro atoms. The zero-order chi connectivity index (χ0) is 12.3. The molecule has 0 bridgehead atoms. The van der Waals surface area contributed by atoms with Crippen LogP contribution in [0.3, 0.4) is 0 Å². The molecule has 15 heavy (non-hydrogen) atoms. The summed E-state index contributed by atoms with van der Waals surface area (Å²) in [6.45, 7) is 16.8. The van der Waals surface area contributed by atoms with E-state index in [-0.39, 0.29) is 10.8 Å². The van der Waals surface area contributed by atoms with Gasteiger partial charge in [-0.15, -0.1) is 6.58 Å². The first-order valence-corrected chi connectivity index (χ1v) is 5.71. The van der Waals surface area contributed by atoms with Crippen molar-refractivity contribution in [1.82, 2.24) is 0 Å². The molecule has 88 valence electrons. The van der Waals surface area contributed by atoms with Gasteiger partial charge in [0.15, 0.2) is 0 Å². The summed E-state index contributed by atoms with van der Waals surface area (Å²) < 4.78 is 0. The summed E-state index contributed by atoms with van der Waals surface area (Å²) in [4.78, 5) is 11.2. The van der Waals surface area contributed by atoms with E-state index in [2.05, 4.69) is 34.3 Å². The first kappa shape index (κ1) is 14.4. The Morgan fingerprint density at radius 1 is 1.33 bits per heavy atom. The van der Waals surface area contributed by atoms with E-state index in [0.29, 0.717) is 5.92 Å². The lowest BCUT2D eigenvalue weighted by atomic mass is 9.69. The molecule has 0 aromatic rings. The van der Waals surface area contributed by atoms with Crippen LogP contribution in [0.4, 0.5) is 0 Å². The fraction of sp³-hybridized carbons (Fsp3) is 0.786. The Bertz CT molecular complexity index is 234. The van der Waals surface area contributed by atoms with Crippen LogP contribution >= 0.6 is 0 Å². The van der Waals surface area contributed by atoms with E-state index < -0.39 is 0 Å². The Morgan fingerprint density at radius 3 is 2.07 bits per heavy atom. The Hall–Kier alpha value is -0.590. The highest BCUT2D eigenvalue weighted by Crippen LogP contribution is 2.38. The highest BCUT2D eigenvalue weighted by Gasteiger charge is 2.33. The predicted molar refractivity (Wildman–Crippen MR) is 66.8 cm³/mol. The van der Waals surface area contributed by atoms with Crippen molar-refractivity contribution >= 4 is 6.29 Å². The second kappa shape index (κ2) is 4.96. The third-order valence-electron chi connectivity index (χ3n) is 3.00. The Morgan fingerprint density at radius 2 is 1.80 bits per heavy atom. The number of aldehydes is 1. The van der Waals surface area contributed by atoms with Gasteiger partial charge in [0.1, 0.15) is 6.29 Å². The molecule has 0 aromatic heterocycles. The summed E-state index contributed by atoms with van der Waals surface area (Å²) >= 11 is 0. The summed E-state index contributed by atoms with van der Waals surface area (Å²) in [5.41, 5.74) is 1.11. The van der Waals surface area contributed by atoms with Gasteiger partial charge < -0.3 is 4.79 Å². The topological polar surface area (TPSA) is 17.1 Å². The van der Waals surface area contributed by atoms with Crippen LogP contribution in [-0.2, 0) is 4.79 Å². The Kier molecular flexibility index (Phi) is 4.76. The molecule has 0 saturated carbocycles. The van der Waals surface area contributed by atoms with E-state index >= 15 is 0 Å². The number of hydrogen-bond acceptors (Lipinski definition) is 1. The lowest BCUT2D eigenvalue weighted by Gasteiger charge is -2.34. The van der Waals surface area contributed by atoms with Gasteiger partial charge in [-0.25, -0.2) is 0 Å². The van der Waals surface area contributed by atoms with Gasteiger partial charge in [-0.05, 0) is 31.1 Å². The maximum Gasteiger partial charge on any atom is 0.126 e. The number of carbonyl (C=O) groups is 1. The SMILES string of the molecule is C=C(C)CC(C)(C=O)C(C)CC(C)(C)C. The molecule has 2 unspecified atom stereocenters. The Labute approximate surface area is 95.0 Å². The first-order valence-electron chi connectivity index (χ1n) is 5.71. The van der Waals surface area contributed by atoms with Crippen molar-refractivity contribution in [1.29, 1.82) is 0 Å². The lowest BCUT2D eigenvalue weighted by Crippen LogP contribution is -2.30. The van der Waals surface area contributed by atoms with E-state index in [1.54, 1.807) is 0 Å². The fourth-order valence-corrected chi connectivity index (χ4v) is 2.13. The maximum atomic E-state index is 11.2. The molecule has 0 saturated heterocycles. The summed E-state index contributed by atoms with van der Waals surface area (Å²) in [7, 11) is 0. The third-order valence-corrected chi connectivity index (χ3v) is 3.00. The van der Waals surface area contributed by atoms with Gasteiger partial charge in [-0.2, -0.15) is 0 Å². The molecule has 0 aliphatic rings. The van der Waals surface area contributed by atoms with Crippen LogP contribution in [0.5, 0.6) is 0 Å². The quantitative estimate of drug-likeness (QED) is 0.490. The van der Waals surface area contributed by atoms with Crippen molar-refractivity contribution in [3.63, 3.8) is 0 Å². The van der Waals surface area contributed by atoms with E-state index in [9.17, 15) is 4.79 Å². The van der Waals surface area contributed by atoms with Crippen LogP contribution in [0.25, 0.3) is 0 Å². The normalized spacial score (nSPS) is 18.0. The number of carbonyl (C=O) groups excluding carboxylic acids is 1. The minimum absolute atomic E-state index is 0.251. The van der Waals surface area contributed by atoms with Crippen LogP contribution in [0.1, 0.15) is 54.4 Å². The minimum atomic E-state index is -0.251. The standard InChI is InChI=1S/C14H26O/c1-11(2)8-14(7,10-15)12(3)9-13(4,5)6/h10,12H,1,8-9H2,2-7H3. The minimum Gasteiger partial charge on any atom is -0.303 e. The zero-order valence-corrected chi connectivity index (χ0v) is 11.2. The van der Waals surface area contributed by atoms with Crippen LogP contribution in [0.2, 0.25) is 0 Å². The van der Waals surface area contributed by atoms with Crippen molar-refractivity contribution in [2.45, 2.75) is 54.4 Å². The van der Waals surface area contributed by atoms with Crippen molar-refractivity contribution in [3.8, 4) is 0 Å². The summed E-state index contributed by atoms with van der Waals surface area (Å²) in [6, 6.07) is 0. The van der Waals surface area contributed by atoms with Crippen molar-refractivity contribution in [3.05, 3.63) is 12.2 Å².